The molecular weight excluding hydrogens is 282 g/mol. The summed E-state index contributed by atoms with van der Waals surface area (Å²) in [4.78, 5) is 16.5. The number of hydrogen-bond donors (Lipinski definition) is 1. The van der Waals surface area contributed by atoms with Crippen LogP contribution in [0.4, 0.5) is 5.13 Å². The number of aromatic nitrogens is 2. The minimum atomic E-state index is 0.196. The minimum absolute atomic E-state index is 0.196. The molecule has 2 aliphatic rings. The zero-order valence-corrected chi connectivity index (χ0v) is 12.4. The van der Waals surface area contributed by atoms with Gasteiger partial charge in [0.15, 0.2) is 4.34 Å². The van der Waals surface area contributed by atoms with Gasteiger partial charge in [0.1, 0.15) is 0 Å². The van der Waals surface area contributed by atoms with Gasteiger partial charge < -0.3 is 15.5 Å². The summed E-state index contributed by atoms with van der Waals surface area (Å²) in [5, 5.41) is 8.10. The van der Waals surface area contributed by atoms with Crippen LogP contribution in [-0.4, -0.2) is 64.4 Å². The Labute approximate surface area is 120 Å². The Hall–Kier alpha value is -0.860. The van der Waals surface area contributed by atoms with Crippen molar-refractivity contribution in [1.29, 1.82) is 0 Å². The highest BCUT2D eigenvalue weighted by Crippen LogP contribution is 2.31. The largest absolute Gasteiger partial charge is 0.374 e. The second kappa shape index (κ2) is 5.26. The molecule has 104 valence electrons. The fourth-order valence-electron chi connectivity index (χ4n) is 2.87. The summed E-state index contributed by atoms with van der Waals surface area (Å²) in [6, 6.07) is 0.561. The molecule has 2 N–H and O–H groups in total. The van der Waals surface area contributed by atoms with Gasteiger partial charge in [-0.3, -0.25) is 4.79 Å². The molecule has 0 aliphatic carbocycles. The van der Waals surface area contributed by atoms with Crippen molar-refractivity contribution in [3.05, 3.63) is 0 Å². The Morgan fingerprint density at radius 2 is 2.37 bits per heavy atom. The van der Waals surface area contributed by atoms with Crippen LogP contribution in [0.15, 0.2) is 4.34 Å². The van der Waals surface area contributed by atoms with Crippen LogP contribution in [0.3, 0.4) is 0 Å². The molecule has 2 atom stereocenters. The van der Waals surface area contributed by atoms with Gasteiger partial charge in [0.2, 0.25) is 11.0 Å². The van der Waals surface area contributed by atoms with Gasteiger partial charge in [-0.05, 0) is 25.9 Å². The van der Waals surface area contributed by atoms with Gasteiger partial charge in [0.05, 0.1) is 5.75 Å². The Kier molecular flexibility index (Phi) is 3.64. The Bertz CT molecular complexity index is 479. The third kappa shape index (κ3) is 2.70. The molecule has 2 saturated heterocycles. The number of fused-ring (bicyclic) bond motifs is 1. The van der Waals surface area contributed by atoms with Crippen LogP contribution in [0.25, 0.3) is 0 Å². The van der Waals surface area contributed by atoms with Crippen LogP contribution in [0.5, 0.6) is 0 Å². The molecule has 0 radical (unpaired) electrons. The molecule has 1 aromatic rings. The zero-order chi connectivity index (χ0) is 13.4. The average Bonchev–Trinajstić information content (AvgIpc) is 3.05. The smallest absolute Gasteiger partial charge is 0.233 e. The van der Waals surface area contributed by atoms with Crippen LogP contribution in [0.1, 0.15) is 6.42 Å². The van der Waals surface area contributed by atoms with E-state index in [1.807, 2.05) is 4.90 Å². The van der Waals surface area contributed by atoms with E-state index in [0.717, 1.165) is 24.0 Å². The van der Waals surface area contributed by atoms with Gasteiger partial charge >= 0.3 is 0 Å². The number of likely N-dealkylation sites (N-methyl/N-ethyl adjacent to an activating group) is 1. The van der Waals surface area contributed by atoms with E-state index < -0.39 is 0 Å². The van der Waals surface area contributed by atoms with Crippen molar-refractivity contribution in [3.8, 4) is 0 Å². The van der Waals surface area contributed by atoms with E-state index in [-0.39, 0.29) is 5.91 Å². The Morgan fingerprint density at radius 1 is 1.53 bits per heavy atom. The summed E-state index contributed by atoms with van der Waals surface area (Å²) < 4.78 is 0.766. The lowest BCUT2D eigenvalue weighted by Gasteiger charge is -2.20. The first-order valence-electron chi connectivity index (χ1n) is 6.33. The van der Waals surface area contributed by atoms with E-state index in [2.05, 4.69) is 22.1 Å². The van der Waals surface area contributed by atoms with Crippen LogP contribution >= 0.6 is 23.1 Å². The fraction of sp³-hybridized carbons (Fsp3) is 0.727. The molecule has 0 bridgehead atoms. The lowest BCUT2D eigenvalue weighted by molar-refractivity contribution is -0.127. The number of hydrogen-bond acceptors (Lipinski definition) is 7. The average molecular weight is 299 g/mol. The number of anilines is 1. The highest BCUT2D eigenvalue weighted by Gasteiger charge is 2.40. The molecule has 1 amide bonds. The minimum Gasteiger partial charge on any atom is -0.374 e. The third-order valence-corrected chi connectivity index (χ3v) is 5.79. The summed E-state index contributed by atoms with van der Waals surface area (Å²) in [6.07, 6.45) is 1.21. The maximum absolute atomic E-state index is 12.2. The van der Waals surface area contributed by atoms with Crippen LogP contribution < -0.4 is 5.73 Å². The van der Waals surface area contributed by atoms with Crippen LogP contribution in [0.2, 0.25) is 0 Å². The molecule has 0 spiro atoms. The molecule has 6 nitrogen and oxygen atoms in total. The molecule has 0 saturated carbocycles. The predicted molar refractivity (Wildman–Crippen MR) is 76.2 cm³/mol. The number of nitrogen functional groups attached to an aromatic ring is 1. The predicted octanol–water partition coefficient (Wildman–Crippen LogP) is 0.375. The SMILES string of the molecule is CN1CC[C@@H]2CN(C(=O)CSc3nnc(N)s3)C[C@@H]21. The molecular formula is C11H17N5OS2. The first-order chi connectivity index (χ1) is 9.13. The van der Waals surface area contributed by atoms with Gasteiger partial charge in [-0.15, -0.1) is 10.2 Å². The summed E-state index contributed by atoms with van der Waals surface area (Å²) in [5.74, 6) is 1.29. The van der Waals surface area contributed by atoms with E-state index in [9.17, 15) is 4.79 Å². The maximum Gasteiger partial charge on any atom is 0.233 e. The zero-order valence-electron chi connectivity index (χ0n) is 10.8. The number of thioether (sulfide) groups is 1. The molecule has 2 aliphatic heterocycles. The first kappa shape index (κ1) is 13.1. The number of carbonyl (C=O) groups is 1. The topological polar surface area (TPSA) is 75.3 Å². The summed E-state index contributed by atoms with van der Waals surface area (Å²) in [5.41, 5.74) is 5.52. The lowest BCUT2D eigenvalue weighted by atomic mass is 10.1. The van der Waals surface area contributed by atoms with Crippen LogP contribution in [-0.2, 0) is 4.79 Å². The normalized spacial score (nSPS) is 26.9. The van der Waals surface area contributed by atoms with Crippen molar-refractivity contribution < 1.29 is 4.79 Å². The van der Waals surface area contributed by atoms with E-state index in [1.165, 1.54) is 29.5 Å². The fourth-order valence-corrected chi connectivity index (χ4v) is 4.41. The molecule has 2 fully saturated rings. The van der Waals surface area contributed by atoms with E-state index >= 15 is 0 Å². The summed E-state index contributed by atoms with van der Waals surface area (Å²) in [6.45, 7) is 2.95. The Morgan fingerprint density at radius 3 is 3.05 bits per heavy atom. The Balaban J connectivity index is 1.52. The summed E-state index contributed by atoms with van der Waals surface area (Å²) in [7, 11) is 2.15. The first-order valence-corrected chi connectivity index (χ1v) is 8.13. The summed E-state index contributed by atoms with van der Waals surface area (Å²) >= 11 is 2.75. The van der Waals surface area contributed by atoms with Crippen LogP contribution in [0, 0.1) is 5.92 Å². The highest BCUT2D eigenvalue weighted by atomic mass is 32.2. The number of nitrogens with zero attached hydrogens (tertiary/aromatic N) is 4. The molecule has 3 heterocycles. The van der Waals surface area contributed by atoms with Gasteiger partial charge in [-0.25, -0.2) is 0 Å². The standard InChI is InChI=1S/C11H17N5OS2/c1-15-3-2-7-4-16(5-8(7)15)9(17)6-18-11-14-13-10(12)19-11/h7-8H,2-6H2,1H3,(H2,12,13)/t7-,8+/m1/s1. The van der Waals surface area contributed by atoms with Crippen molar-refractivity contribution >= 4 is 34.1 Å². The number of rotatable bonds is 3. The molecule has 1 aromatic heterocycles. The third-order valence-electron chi connectivity index (χ3n) is 3.92. The number of amides is 1. The van der Waals surface area contributed by atoms with E-state index in [0.29, 0.717) is 22.8 Å². The van der Waals surface area contributed by atoms with Crippen molar-refractivity contribution in [3.63, 3.8) is 0 Å². The maximum atomic E-state index is 12.2. The molecule has 19 heavy (non-hydrogen) atoms. The highest BCUT2D eigenvalue weighted by molar-refractivity contribution is 8.01. The van der Waals surface area contributed by atoms with Gasteiger partial charge in [-0.1, -0.05) is 23.1 Å². The number of likely N-dealkylation sites (tertiary alicyclic amines) is 2. The monoisotopic (exact) mass is 299 g/mol. The van der Waals surface area contributed by atoms with Gasteiger partial charge in [0, 0.05) is 19.1 Å². The van der Waals surface area contributed by atoms with Crippen molar-refractivity contribution in [2.24, 2.45) is 5.92 Å². The quantitative estimate of drug-likeness (QED) is 0.813. The van der Waals surface area contributed by atoms with E-state index in [4.69, 9.17) is 5.73 Å². The molecule has 0 unspecified atom stereocenters. The van der Waals surface area contributed by atoms with Gasteiger partial charge in [0.25, 0.3) is 0 Å². The second-order valence-electron chi connectivity index (χ2n) is 5.09. The second-order valence-corrected chi connectivity index (χ2v) is 7.32. The molecule has 3 rings (SSSR count). The van der Waals surface area contributed by atoms with Crippen molar-refractivity contribution in [2.45, 2.75) is 16.8 Å². The number of nitrogens with two attached hydrogens (primary N) is 1. The lowest BCUT2D eigenvalue weighted by Crippen LogP contribution is -2.35. The van der Waals surface area contributed by atoms with E-state index in [1.54, 1.807) is 0 Å². The van der Waals surface area contributed by atoms with Gasteiger partial charge in [-0.2, -0.15) is 0 Å². The van der Waals surface area contributed by atoms with Crippen molar-refractivity contribution in [1.82, 2.24) is 20.0 Å². The van der Waals surface area contributed by atoms with Crippen molar-refractivity contribution in [2.75, 3.05) is 38.2 Å². The number of carbonyl (C=O) groups excluding carboxylic acids is 1. The molecule has 0 aromatic carbocycles. The molecule has 8 heteroatoms.